The third-order valence-corrected chi connectivity index (χ3v) is 5.21. The van der Waals surface area contributed by atoms with E-state index in [4.69, 9.17) is 0 Å². The van der Waals surface area contributed by atoms with E-state index in [0.29, 0.717) is 11.5 Å². The summed E-state index contributed by atoms with van der Waals surface area (Å²) in [5.41, 5.74) is 2.49. The number of aromatic nitrogens is 6. The molecular formula is C19H15F3N6. The fourth-order valence-electron chi connectivity index (χ4n) is 3.77. The van der Waals surface area contributed by atoms with Crippen LogP contribution in [0.5, 0.6) is 0 Å². The molecule has 3 aromatic heterocycles. The predicted molar refractivity (Wildman–Crippen MR) is 95.5 cm³/mol. The summed E-state index contributed by atoms with van der Waals surface area (Å²) in [4.78, 5) is 4.40. The Hall–Kier alpha value is -3.23. The molecule has 1 aromatic carbocycles. The van der Waals surface area contributed by atoms with Gasteiger partial charge < -0.3 is 4.57 Å². The van der Waals surface area contributed by atoms with Gasteiger partial charge in [0, 0.05) is 23.6 Å². The molecule has 28 heavy (non-hydrogen) atoms. The highest BCUT2D eigenvalue weighted by molar-refractivity contribution is 5.81. The van der Waals surface area contributed by atoms with Crippen LogP contribution in [0.2, 0.25) is 0 Å². The van der Waals surface area contributed by atoms with Gasteiger partial charge in [0.25, 0.3) is 0 Å². The average molecular weight is 384 g/mol. The number of H-pyrrole nitrogens is 1. The summed E-state index contributed by atoms with van der Waals surface area (Å²) in [6.45, 7) is 1.89. The molecule has 5 rings (SSSR count). The molecule has 9 heteroatoms. The number of hydrogen-bond acceptors (Lipinski definition) is 4. The summed E-state index contributed by atoms with van der Waals surface area (Å²) in [5.74, 6) is 1.48. The minimum atomic E-state index is -4.34. The maximum Gasteiger partial charge on any atom is 0.416 e. The Morgan fingerprint density at radius 2 is 1.93 bits per heavy atom. The zero-order chi connectivity index (χ0) is 19.5. The highest BCUT2D eigenvalue weighted by Gasteiger charge is 2.32. The second-order valence-corrected chi connectivity index (χ2v) is 6.91. The number of halogens is 3. The summed E-state index contributed by atoms with van der Waals surface area (Å²) < 4.78 is 40.6. The predicted octanol–water partition coefficient (Wildman–Crippen LogP) is 4.08. The van der Waals surface area contributed by atoms with Crippen molar-refractivity contribution < 1.29 is 13.2 Å². The van der Waals surface area contributed by atoms with Crippen LogP contribution in [-0.2, 0) is 12.6 Å². The highest BCUT2D eigenvalue weighted by Crippen LogP contribution is 2.37. The molecule has 6 nitrogen and oxygen atoms in total. The van der Waals surface area contributed by atoms with Gasteiger partial charge in [-0.25, -0.2) is 4.98 Å². The molecule has 0 fully saturated rings. The van der Waals surface area contributed by atoms with Crippen molar-refractivity contribution in [3.63, 3.8) is 0 Å². The molecule has 1 atom stereocenters. The summed E-state index contributed by atoms with van der Waals surface area (Å²) in [7, 11) is 0. The van der Waals surface area contributed by atoms with Gasteiger partial charge in [-0.1, -0.05) is 12.1 Å². The number of nitrogens with zero attached hydrogens (tertiary/aromatic N) is 5. The van der Waals surface area contributed by atoms with Gasteiger partial charge in [0.15, 0.2) is 11.5 Å². The number of aromatic amines is 1. The average Bonchev–Trinajstić information content (AvgIpc) is 3.36. The molecule has 1 aliphatic rings. The van der Waals surface area contributed by atoms with Crippen LogP contribution >= 0.6 is 0 Å². The van der Waals surface area contributed by atoms with Crippen molar-refractivity contribution in [2.24, 2.45) is 0 Å². The van der Waals surface area contributed by atoms with Gasteiger partial charge >= 0.3 is 6.18 Å². The molecule has 4 aromatic rings. The molecular weight excluding hydrogens is 369 g/mol. The van der Waals surface area contributed by atoms with Crippen molar-refractivity contribution in [1.29, 1.82) is 0 Å². The largest absolute Gasteiger partial charge is 0.416 e. The first-order valence-corrected chi connectivity index (χ1v) is 8.84. The van der Waals surface area contributed by atoms with E-state index in [2.05, 4.69) is 25.4 Å². The molecule has 0 spiro atoms. The quantitative estimate of drug-likeness (QED) is 0.565. The Bertz CT molecular complexity index is 1170. The zero-order valence-corrected chi connectivity index (χ0v) is 14.8. The van der Waals surface area contributed by atoms with Crippen molar-refractivity contribution in [2.75, 3.05) is 0 Å². The number of fused-ring (bicyclic) bond motifs is 2. The van der Waals surface area contributed by atoms with E-state index in [1.807, 2.05) is 17.6 Å². The Morgan fingerprint density at radius 1 is 1.14 bits per heavy atom. The third-order valence-electron chi connectivity index (χ3n) is 5.21. The van der Waals surface area contributed by atoms with Gasteiger partial charge in [-0.15, -0.1) is 10.2 Å². The molecule has 0 unspecified atom stereocenters. The van der Waals surface area contributed by atoms with Gasteiger partial charge in [-0.05, 0) is 37.1 Å². The Labute approximate surface area is 157 Å². The molecule has 0 bridgehead atoms. The smallest absolute Gasteiger partial charge is 0.303 e. The Morgan fingerprint density at radius 3 is 2.68 bits per heavy atom. The number of pyridine rings is 1. The second kappa shape index (κ2) is 5.88. The van der Waals surface area contributed by atoms with E-state index in [-0.39, 0.29) is 6.04 Å². The molecule has 1 N–H and O–H groups in total. The molecule has 4 heterocycles. The number of alkyl halides is 3. The summed E-state index contributed by atoms with van der Waals surface area (Å²) in [6, 6.07) is 7.17. The highest BCUT2D eigenvalue weighted by atomic mass is 19.4. The molecule has 142 valence electrons. The SMILES string of the molecule is Cc1n[nH]c2ncc(-c3nnc4n3[C@H](c3ccc(C(F)(F)F)cc3)CC4)cc12. The first kappa shape index (κ1) is 16.9. The maximum absolute atomic E-state index is 12.9. The molecule has 1 aliphatic heterocycles. The number of benzene rings is 1. The van der Waals surface area contributed by atoms with E-state index in [0.717, 1.165) is 53.0 Å². The fraction of sp³-hybridized carbons (Fsp3) is 0.263. The standard InChI is InChI=1S/C19H15F3N6/c1-10-14-8-12(9-23-17(14)26-24-10)18-27-25-16-7-6-15(28(16)18)11-2-4-13(5-3-11)19(20,21)22/h2-5,8-9,15H,6-7H2,1H3,(H,23,24,26)/t15-/m0/s1. The van der Waals surface area contributed by atoms with E-state index in [1.165, 1.54) is 12.1 Å². The number of aryl methyl sites for hydroxylation is 2. The molecule has 0 radical (unpaired) electrons. The van der Waals surface area contributed by atoms with Gasteiger partial charge in [0.05, 0.1) is 17.3 Å². The number of hydrogen-bond donors (Lipinski definition) is 1. The lowest BCUT2D eigenvalue weighted by molar-refractivity contribution is -0.137. The van der Waals surface area contributed by atoms with Crippen molar-refractivity contribution in [3.05, 3.63) is 59.2 Å². The van der Waals surface area contributed by atoms with Crippen LogP contribution in [0.4, 0.5) is 13.2 Å². The first-order valence-electron chi connectivity index (χ1n) is 8.84. The fourth-order valence-corrected chi connectivity index (χ4v) is 3.77. The van der Waals surface area contributed by atoms with Gasteiger partial charge in [-0.2, -0.15) is 18.3 Å². The number of rotatable bonds is 2. The summed E-state index contributed by atoms with van der Waals surface area (Å²) in [6.07, 6.45) is -1.15. The monoisotopic (exact) mass is 384 g/mol. The maximum atomic E-state index is 12.9. The third kappa shape index (κ3) is 2.57. The topological polar surface area (TPSA) is 72.3 Å². The molecule has 0 amide bonds. The lowest BCUT2D eigenvalue weighted by atomic mass is 10.0. The minimum absolute atomic E-state index is 0.108. The Kier molecular flexibility index (Phi) is 3.55. The van der Waals surface area contributed by atoms with Crippen LogP contribution in [0.25, 0.3) is 22.4 Å². The molecule has 0 saturated carbocycles. The van der Waals surface area contributed by atoms with Crippen molar-refractivity contribution in [3.8, 4) is 11.4 Å². The van der Waals surface area contributed by atoms with Crippen LogP contribution in [0.3, 0.4) is 0 Å². The van der Waals surface area contributed by atoms with Crippen LogP contribution in [0.1, 0.15) is 35.1 Å². The van der Waals surface area contributed by atoms with Crippen molar-refractivity contribution in [1.82, 2.24) is 29.9 Å². The lowest BCUT2D eigenvalue weighted by Crippen LogP contribution is -2.09. The van der Waals surface area contributed by atoms with Crippen molar-refractivity contribution in [2.45, 2.75) is 32.0 Å². The van der Waals surface area contributed by atoms with E-state index in [1.54, 1.807) is 6.20 Å². The normalized spacial score (nSPS) is 16.6. The first-order chi connectivity index (χ1) is 13.4. The van der Waals surface area contributed by atoms with Gasteiger partial charge in [0.2, 0.25) is 0 Å². The number of nitrogens with one attached hydrogen (secondary N) is 1. The molecule has 0 aliphatic carbocycles. The van der Waals surface area contributed by atoms with Crippen molar-refractivity contribution >= 4 is 11.0 Å². The zero-order valence-electron chi connectivity index (χ0n) is 14.8. The van der Waals surface area contributed by atoms with Crippen LogP contribution < -0.4 is 0 Å². The summed E-state index contributed by atoms with van der Waals surface area (Å²) >= 11 is 0. The Balaban J connectivity index is 1.57. The minimum Gasteiger partial charge on any atom is -0.303 e. The second-order valence-electron chi connectivity index (χ2n) is 6.91. The van der Waals surface area contributed by atoms with Gasteiger partial charge in [0.1, 0.15) is 5.82 Å². The van der Waals surface area contributed by atoms with Gasteiger partial charge in [-0.3, -0.25) is 5.10 Å². The van der Waals surface area contributed by atoms with E-state index >= 15 is 0 Å². The van der Waals surface area contributed by atoms with Crippen LogP contribution in [0, 0.1) is 6.92 Å². The molecule has 0 saturated heterocycles. The van der Waals surface area contributed by atoms with Crippen LogP contribution in [0.15, 0.2) is 36.5 Å². The van der Waals surface area contributed by atoms with E-state index in [9.17, 15) is 13.2 Å². The lowest BCUT2D eigenvalue weighted by Gasteiger charge is -2.17. The van der Waals surface area contributed by atoms with E-state index < -0.39 is 11.7 Å². The summed E-state index contributed by atoms with van der Waals surface area (Å²) in [5, 5.41) is 16.5. The van der Waals surface area contributed by atoms with Crippen LogP contribution in [-0.4, -0.2) is 29.9 Å².